The van der Waals surface area contributed by atoms with Gasteiger partial charge in [0, 0.05) is 0 Å². The van der Waals surface area contributed by atoms with Gasteiger partial charge in [-0.1, -0.05) is 0 Å². The van der Waals surface area contributed by atoms with E-state index in [2.05, 4.69) is 0 Å². The van der Waals surface area contributed by atoms with Crippen molar-refractivity contribution < 1.29 is 2010 Å². The van der Waals surface area contributed by atoms with Crippen LogP contribution >= 0.6 is 0 Å². The second-order valence-corrected chi connectivity index (χ2v) is 0. The van der Waals surface area contributed by atoms with Gasteiger partial charge in [0.25, 0.3) is 0 Å². The van der Waals surface area contributed by atoms with E-state index in [0.717, 1.165) is 0 Å². The molecule has 0 spiro atoms. The molecular formula is Ag90S10+70. The topological polar surface area (TPSA) is 0 Å². The largest absolute Gasteiger partial charge is 2.00 e. The molecule has 0 radical (unpaired) electrons. The standard InChI is InChI=1S/90Ag.10S/q90*+1;10*-2. The van der Waals surface area contributed by atoms with Gasteiger partial charge in [0.05, 0.1) is 0 Å². The van der Waals surface area contributed by atoms with Crippen molar-refractivity contribution >= 4 is 135 Å². The fraction of sp³-hybridized carbons (Fsp3) is 0. The van der Waals surface area contributed by atoms with E-state index in [-0.39, 0.29) is 2150 Å². The molecule has 0 nitrogen and oxygen atoms in total. The Hall–Kier alpha value is 70.1. The molecule has 0 rings (SSSR count). The van der Waals surface area contributed by atoms with Crippen LogP contribution in [0.5, 0.6) is 0 Å². The minimum atomic E-state index is 0. The molecule has 0 saturated heterocycles. The van der Waals surface area contributed by atoms with Gasteiger partial charge in [-0.05, 0) is 0 Å². The molecule has 0 aromatic rings. The summed E-state index contributed by atoms with van der Waals surface area (Å²) in [7, 11) is 0. The maximum Gasteiger partial charge on any atom is 1.00 e. The third-order valence-corrected chi connectivity index (χ3v) is 0. The first-order valence-electron chi connectivity index (χ1n) is 0. The summed E-state index contributed by atoms with van der Waals surface area (Å²) < 4.78 is 0. The molecule has 0 saturated carbocycles. The van der Waals surface area contributed by atoms with Gasteiger partial charge in [0.2, 0.25) is 0 Å². The molecule has 0 aliphatic rings. The molecule has 100 heteroatoms. The van der Waals surface area contributed by atoms with Crippen molar-refractivity contribution in [1.29, 1.82) is 0 Å². The van der Waals surface area contributed by atoms with Crippen molar-refractivity contribution in [3.05, 3.63) is 0 Å². The van der Waals surface area contributed by atoms with Gasteiger partial charge in [0.1, 0.15) is 0 Å². The summed E-state index contributed by atoms with van der Waals surface area (Å²) in [5, 5.41) is 0. The normalized spacial score (nSPS) is 0. The van der Waals surface area contributed by atoms with E-state index in [9.17, 15) is 0 Å². The second-order valence-electron chi connectivity index (χ2n) is 0. The van der Waals surface area contributed by atoms with Crippen LogP contribution < -0.4 is 0 Å². The van der Waals surface area contributed by atoms with Crippen LogP contribution in [0.1, 0.15) is 0 Å². The zero-order chi connectivity index (χ0) is 0. The number of hydrogen-bond acceptors (Lipinski definition) is 0. The summed E-state index contributed by atoms with van der Waals surface area (Å²) in [5.74, 6) is 0. The fourth-order valence-electron chi connectivity index (χ4n) is 0. The summed E-state index contributed by atoms with van der Waals surface area (Å²) in [6.45, 7) is 0. The minimum absolute atomic E-state index is 0. The zero-order valence-corrected chi connectivity index (χ0v) is 173. The van der Waals surface area contributed by atoms with E-state index in [0.29, 0.717) is 0 Å². The van der Waals surface area contributed by atoms with Gasteiger partial charge in [-0.25, -0.2) is 0 Å². The maximum absolute atomic E-state index is 0. The van der Waals surface area contributed by atoms with Gasteiger partial charge < -0.3 is 135 Å². The molecule has 0 atom stereocenters. The third-order valence-electron chi connectivity index (χ3n) is 0. The molecule has 0 amide bonds. The van der Waals surface area contributed by atoms with Crippen LogP contribution in [-0.2, 0) is 2150 Å². The van der Waals surface area contributed by atoms with Gasteiger partial charge in [-0.3, -0.25) is 0 Å². The second kappa shape index (κ2) is 972. The first kappa shape index (κ1) is 990. The predicted octanol–water partition coefficient (Wildman–Crippen LogP) is -0.249. The number of rotatable bonds is 0. The van der Waals surface area contributed by atoms with Crippen LogP contribution in [-0.4, -0.2) is 0 Å². The smallest absolute Gasteiger partial charge is 1.00 e. The van der Waals surface area contributed by atoms with E-state index in [1.54, 1.807) is 0 Å². The summed E-state index contributed by atoms with van der Waals surface area (Å²) in [6, 6.07) is 0. The molecule has 0 aliphatic heterocycles. The van der Waals surface area contributed by atoms with Gasteiger partial charge in [-0.2, -0.15) is 0 Å². The summed E-state index contributed by atoms with van der Waals surface area (Å²) >= 11 is 0. The van der Waals surface area contributed by atoms with Crippen LogP contribution in [0.3, 0.4) is 0 Å². The van der Waals surface area contributed by atoms with E-state index < -0.39 is 0 Å². The van der Waals surface area contributed by atoms with Gasteiger partial charge >= 0.3 is 2010 Å². The van der Waals surface area contributed by atoms with Crippen molar-refractivity contribution in [3.63, 3.8) is 0 Å². The fourth-order valence-corrected chi connectivity index (χ4v) is 0. The third kappa shape index (κ3) is 955. The van der Waals surface area contributed by atoms with E-state index in [1.807, 2.05) is 0 Å². The molecule has 0 aromatic heterocycles. The first-order chi connectivity index (χ1) is 0. The molecule has 0 aromatic carbocycles. The van der Waals surface area contributed by atoms with E-state index in [4.69, 9.17) is 0 Å². The SMILES string of the molecule is [Ag+].[Ag+].[Ag+].[Ag+].[Ag+].[Ag+].[Ag+].[Ag+].[Ag+].[Ag+].[Ag+].[Ag+].[Ag+].[Ag+].[Ag+].[Ag+].[Ag+].[Ag+].[Ag+].[Ag+].[Ag+].[Ag+].[Ag+].[Ag+].[Ag+].[Ag+].[Ag+].[Ag+].[Ag+].[Ag+].[Ag+].[Ag+].[Ag+].[Ag+].[Ag+].[Ag+].[Ag+].[Ag+].[Ag+].[Ag+].[Ag+].[Ag+].[Ag+].[Ag+].[Ag+].[Ag+].[Ag+].[Ag+].[Ag+].[Ag+].[Ag+].[Ag+].[Ag+].[Ag+].[Ag+].[Ag+].[Ag+].[Ag+].[Ag+].[Ag+].[Ag+].[Ag+].[Ag+].[Ag+].[Ag+].[Ag+].[Ag+].[Ag+].[Ag+].[Ag+].[Ag+].[Ag+].[Ag+].[Ag+].[Ag+].[Ag+].[Ag+].[Ag+].[Ag+].[Ag+].[Ag+].[Ag+].[Ag+].[Ag+].[Ag+].[Ag+].[Ag+].[Ag+].[Ag+].[Ag+].[S-2].[S-2].[S-2].[S-2].[S-2].[S-2].[S-2].[S-2].[S-2].[S-2]. The molecule has 0 unspecified atom stereocenters. The Labute approximate surface area is 2080 Å². The Kier molecular flexibility index (Phi) is 9620. The van der Waals surface area contributed by atoms with Crippen molar-refractivity contribution in [2.24, 2.45) is 0 Å². The molecule has 0 aliphatic carbocycles. The van der Waals surface area contributed by atoms with Crippen LogP contribution in [0.15, 0.2) is 0 Å². The van der Waals surface area contributed by atoms with E-state index >= 15 is 0 Å². The van der Waals surface area contributed by atoms with Crippen LogP contribution in [0.2, 0.25) is 0 Å². The maximum atomic E-state index is 0. The molecule has 0 bridgehead atoms. The van der Waals surface area contributed by atoms with Crippen molar-refractivity contribution in [2.75, 3.05) is 0 Å². The first-order valence-corrected chi connectivity index (χ1v) is 0. The quantitative estimate of drug-likeness (QED) is 0.295. The summed E-state index contributed by atoms with van der Waals surface area (Å²) in [5.41, 5.74) is 0. The molecule has 980 valence electrons. The molecule has 0 N–H and O–H groups in total. The van der Waals surface area contributed by atoms with Crippen molar-refractivity contribution in [2.45, 2.75) is 0 Å². The molecule has 0 heterocycles. The Morgan fingerprint density at radius 2 is 0.0200 bits per heavy atom. The zero-order valence-electron chi connectivity index (χ0n) is 31.2. The Balaban J connectivity index is 0. The molecular weight excluding hydrogens is 10000 g/mol. The Morgan fingerprint density at radius 1 is 0.0200 bits per heavy atom. The Bertz CT molecular complexity index is 46.9. The van der Waals surface area contributed by atoms with Crippen molar-refractivity contribution in [3.8, 4) is 0 Å². The van der Waals surface area contributed by atoms with Gasteiger partial charge in [-0.15, -0.1) is 0 Å². The molecule has 100 heavy (non-hydrogen) atoms. The van der Waals surface area contributed by atoms with Crippen LogP contribution in [0, 0.1) is 0 Å². The van der Waals surface area contributed by atoms with Crippen LogP contribution in [0.25, 0.3) is 0 Å². The average Bonchev–Trinajstić information content (AvgIpc) is 0. The minimum Gasteiger partial charge on any atom is -2.00 e. The van der Waals surface area contributed by atoms with Crippen LogP contribution in [0.4, 0.5) is 0 Å². The predicted molar refractivity (Wildman–Crippen MR) is 73.7 cm³/mol. The number of hydrogen-bond donors (Lipinski definition) is 0. The molecule has 0 fully saturated rings. The van der Waals surface area contributed by atoms with Crippen molar-refractivity contribution in [1.82, 2.24) is 0 Å². The monoisotopic (exact) mass is 9940 g/mol. The van der Waals surface area contributed by atoms with E-state index in [1.165, 1.54) is 0 Å². The van der Waals surface area contributed by atoms with Gasteiger partial charge in [0.15, 0.2) is 0 Å². The summed E-state index contributed by atoms with van der Waals surface area (Å²) in [4.78, 5) is 0. The Morgan fingerprint density at radius 3 is 0.0200 bits per heavy atom. The summed E-state index contributed by atoms with van der Waals surface area (Å²) in [6.07, 6.45) is 0. The average molecular weight is 10000 g/mol.